The normalized spacial score (nSPS) is 24.5. The third-order valence-electron chi connectivity index (χ3n) is 7.60. The number of para-hydroxylation sites is 1. The monoisotopic (exact) mass is 526 g/mol. The van der Waals surface area contributed by atoms with Gasteiger partial charge >= 0.3 is 0 Å². The maximum atomic E-state index is 13.6. The number of rotatable bonds is 7. The van der Waals surface area contributed by atoms with Gasteiger partial charge in [-0.1, -0.05) is 29.8 Å². The molecule has 1 unspecified atom stereocenters. The molecule has 8 nitrogen and oxygen atoms in total. The first-order valence-electron chi connectivity index (χ1n) is 12.2. The summed E-state index contributed by atoms with van der Waals surface area (Å²) in [5, 5.41) is 21.5. The first-order chi connectivity index (χ1) is 17.7. The van der Waals surface area contributed by atoms with E-state index in [9.17, 15) is 19.1 Å². The number of benzene rings is 2. The molecule has 194 valence electrons. The van der Waals surface area contributed by atoms with Crippen LogP contribution in [0, 0.1) is 12.7 Å². The Balaban J connectivity index is 1.20. The van der Waals surface area contributed by atoms with Crippen LogP contribution in [0.2, 0.25) is 5.02 Å². The minimum absolute atomic E-state index is 0.0233. The smallest absolute Gasteiger partial charge is 0.258 e. The van der Waals surface area contributed by atoms with Crippen LogP contribution < -0.4 is 15.4 Å². The topological polar surface area (TPSA) is 105 Å². The van der Waals surface area contributed by atoms with Crippen molar-refractivity contribution < 1.29 is 23.8 Å². The van der Waals surface area contributed by atoms with Crippen LogP contribution in [0.5, 0.6) is 5.75 Å². The molecule has 0 radical (unpaired) electrons. The zero-order chi connectivity index (χ0) is 26.2. The minimum Gasteiger partial charge on any atom is -0.484 e. The quantitative estimate of drug-likeness (QED) is 0.435. The zero-order valence-electron chi connectivity index (χ0n) is 20.3. The number of carbonyl (C=O) groups is 2. The second kappa shape index (κ2) is 9.79. The van der Waals surface area contributed by atoms with E-state index in [2.05, 4.69) is 15.7 Å². The van der Waals surface area contributed by atoms with Gasteiger partial charge in [-0.3, -0.25) is 9.59 Å². The van der Waals surface area contributed by atoms with Crippen LogP contribution in [-0.2, 0) is 4.79 Å². The molecule has 1 atom stereocenters. The van der Waals surface area contributed by atoms with E-state index in [-0.39, 0.29) is 29.2 Å². The van der Waals surface area contributed by atoms with Crippen LogP contribution in [0.25, 0.3) is 5.69 Å². The lowest BCUT2D eigenvalue weighted by atomic mass is 9.60. The molecule has 2 bridgehead atoms. The number of amides is 2. The fourth-order valence-electron chi connectivity index (χ4n) is 5.46. The van der Waals surface area contributed by atoms with Crippen molar-refractivity contribution in [3.05, 3.63) is 76.8 Å². The number of halogens is 2. The molecule has 3 N–H and O–H groups in total. The van der Waals surface area contributed by atoms with Gasteiger partial charge < -0.3 is 20.5 Å². The Morgan fingerprint density at radius 1 is 1.16 bits per heavy atom. The van der Waals surface area contributed by atoms with E-state index in [1.165, 1.54) is 12.1 Å². The lowest BCUT2D eigenvalue weighted by Crippen LogP contribution is -2.70. The van der Waals surface area contributed by atoms with Gasteiger partial charge in [0.25, 0.3) is 11.8 Å². The lowest BCUT2D eigenvalue weighted by Gasteiger charge is -2.56. The second-order valence-corrected chi connectivity index (χ2v) is 10.3. The fourth-order valence-corrected chi connectivity index (χ4v) is 5.58. The number of nitrogens with one attached hydrogen (secondary N) is 2. The summed E-state index contributed by atoms with van der Waals surface area (Å²) in [5.74, 6) is -1.05. The molecule has 3 fully saturated rings. The van der Waals surface area contributed by atoms with Gasteiger partial charge in [-0.05, 0) is 63.3 Å². The molecule has 2 amide bonds. The highest BCUT2D eigenvalue weighted by Gasteiger charge is 2.55. The molecule has 0 saturated heterocycles. The maximum Gasteiger partial charge on any atom is 0.258 e. The van der Waals surface area contributed by atoms with Gasteiger partial charge in [0.15, 0.2) is 6.61 Å². The molecule has 3 saturated carbocycles. The second-order valence-electron chi connectivity index (χ2n) is 9.91. The summed E-state index contributed by atoms with van der Waals surface area (Å²) in [6.07, 6.45) is 3.29. The van der Waals surface area contributed by atoms with Gasteiger partial charge in [0.1, 0.15) is 11.6 Å². The summed E-state index contributed by atoms with van der Waals surface area (Å²) in [4.78, 5) is 25.8. The van der Waals surface area contributed by atoms with Crippen LogP contribution in [-0.4, -0.2) is 50.5 Å². The van der Waals surface area contributed by atoms with Crippen molar-refractivity contribution >= 4 is 23.4 Å². The van der Waals surface area contributed by atoms with Gasteiger partial charge in [-0.25, -0.2) is 9.07 Å². The number of nitrogens with zero attached hydrogens (tertiary/aromatic N) is 2. The van der Waals surface area contributed by atoms with E-state index in [1.54, 1.807) is 10.9 Å². The molecule has 1 heterocycles. The number of carbonyl (C=O) groups excluding carboxylic acids is 2. The van der Waals surface area contributed by atoms with Crippen LogP contribution in [0.1, 0.15) is 48.2 Å². The molecule has 0 spiro atoms. The van der Waals surface area contributed by atoms with E-state index in [0.29, 0.717) is 43.4 Å². The van der Waals surface area contributed by atoms with Crippen molar-refractivity contribution in [3.63, 3.8) is 0 Å². The Hall–Kier alpha value is -3.43. The summed E-state index contributed by atoms with van der Waals surface area (Å²) in [5.41, 5.74) is 0.687. The third-order valence-corrected chi connectivity index (χ3v) is 7.91. The van der Waals surface area contributed by atoms with Gasteiger partial charge in [-0.15, -0.1) is 0 Å². The number of hydrogen-bond acceptors (Lipinski definition) is 5. The number of ether oxygens (including phenoxy) is 1. The number of aliphatic hydroxyl groups is 1. The molecule has 10 heteroatoms. The largest absolute Gasteiger partial charge is 0.484 e. The Kier molecular flexibility index (Phi) is 6.68. The zero-order valence-corrected chi connectivity index (χ0v) is 21.1. The average Bonchev–Trinajstić information content (AvgIpc) is 3.28. The van der Waals surface area contributed by atoms with Crippen molar-refractivity contribution in [1.82, 2.24) is 20.4 Å². The standard InChI is InChI=1S/C27H28ClFN4O4/c1-17-20(15-30-33(17)18-5-3-2-4-6-18)25(36)32-27-11-9-26(10-12-27,14-23(27)34)31-24(35)16-37-19-7-8-21(28)22(29)13-19/h2-8,13,15,23,34H,9-12,14,16H2,1H3,(H,31,35)(H,32,36). The highest BCUT2D eigenvalue weighted by Crippen LogP contribution is 2.47. The molecular weight excluding hydrogens is 499 g/mol. The lowest BCUT2D eigenvalue weighted by molar-refractivity contribution is -0.129. The summed E-state index contributed by atoms with van der Waals surface area (Å²) < 4.78 is 20.7. The molecule has 3 aromatic rings. The molecule has 37 heavy (non-hydrogen) atoms. The molecule has 3 aliphatic carbocycles. The Bertz CT molecular complexity index is 1320. The SMILES string of the molecule is Cc1c(C(=O)NC23CCC(NC(=O)COc4ccc(Cl)c(F)c4)(CC2)CC3O)cnn1-c1ccccc1. The summed E-state index contributed by atoms with van der Waals surface area (Å²) in [6, 6.07) is 13.5. The van der Waals surface area contributed by atoms with Crippen LogP contribution in [0.15, 0.2) is 54.7 Å². The van der Waals surface area contributed by atoms with Gasteiger partial charge in [0.2, 0.25) is 0 Å². The highest BCUT2D eigenvalue weighted by atomic mass is 35.5. The Morgan fingerprint density at radius 3 is 2.57 bits per heavy atom. The first-order valence-corrected chi connectivity index (χ1v) is 12.6. The number of fused-ring (bicyclic) bond motifs is 3. The van der Waals surface area contributed by atoms with E-state index in [0.717, 1.165) is 11.8 Å². The molecule has 0 aliphatic heterocycles. The van der Waals surface area contributed by atoms with Gasteiger partial charge in [-0.2, -0.15) is 5.10 Å². The molecule has 3 aliphatic rings. The summed E-state index contributed by atoms with van der Waals surface area (Å²) in [7, 11) is 0. The summed E-state index contributed by atoms with van der Waals surface area (Å²) in [6.45, 7) is 1.55. The maximum absolute atomic E-state index is 13.6. The average molecular weight is 527 g/mol. The summed E-state index contributed by atoms with van der Waals surface area (Å²) >= 11 is 5.68. The van der Waals surface area contributed by atoms with Crippen molar-refractivity contribution in [1.29, 1.82) is 0 Å². The van der Waals surface area contributed by atoms with Crippen molar-refractivity contribution in [2.24, 2.45) is 0 Å². The fraction of sp³-hybridized carbons (Fsp3) is 0.370. The van der Waals surface area contributed by atoms with E-state index < -0.39 is 23.0 Å². The minimum atomic E-state index is -0.824. The molecule has 6 rings (SSSR count). The van der Waals surface area contributed by atoms with Crippen LogP contribution >= 0.6 is 11.6 Å². The Morgan fingerprint density at radius 2 is 1.89 bits per heavy atom. The first kappa shape index (κ1) is 25.2. The van der Waals surface area contributed by atoms with Gasteiger partial charge in [0.05, 0.1) is 39.8 Å². The van der Waals surface area contributed by atoms with Crippen LogP contribution in [0.4, 0.5) is 4.39 Å². The van der Waals surface area contributed by atoms with E-state index in [1.807, 2.05) is 37.3 Å². The molecule has 1 aromatic heterocycles. The molecular formula is C27H28ClFN4O4. The van der Waals surface area contributed by atoms with Crippen molar-refractivity contribution in [2.45, 2.75) is 56.2 Å². The van der Waals surface area contributed by atoms with Gasteiger partial charge in [0, 0.05) is 11.6 Å². The number of aliphatic hydroxyl groups excluding tert-OH is 1. The Labute approximate surface area is 218 Å². The molecule has 2 aromatic carbocycles. The van der Waals surface area contributed by atoms with Crippen molar-refractivity contribution in [3.8, 4) is 11.4 Å². The number of hydrogen-bond donors (Lipinski definition) is 3. The predicted molar refractivity (Wildman–Crippen MR) is 135 cm³/mol. The highest BCUT2D eigenvalue weighted by molar-refractivity contribution is 6.30. The third kappa shape index (κ3) is 4.93. The number of aromatic nitrogens is 2. The predicted octanol–water partition coefficient (Wildman–Crippen LogP) is 3.71. The van der Waals surface area contributed by atoms with Crippen LogP contribution in [0.3, 0.4) is 0 Å². The van der Waals surface area contributed by atoms with Crippen molar-refractivity contribution in [2.75, 3.05) is 6.61 Å². The van der Waals surface area contributed by atoms with E-state index >= 15 is 0 Å². The van der Waals surface area contributed by atoms with E-state index in [4.69, 9.17) is 16.3 Å².